The largest absolute Gasteiger partial charge is 0.497 e. The van der Waals surface area contributed by atoms with Gasteiger partial charge in [-0.15, -0.1) is 10.2 Å². The minimum absolute atomic E-state index is 0.00611. The minimum atomic E-state index is -0.668. The fourth-order valence-electron chi connectivity index (χ4n) is 2.31. The molecule has 10 nitrogen and oxygen atoms in total. The summed E-state index contributed by atoms with van der Waals surface area (Å²) in [4.78, 5) is 23.9. The Bertz CT molecular complexity index is 1040. The van der Waals surface area contributed by atoms with Gasteiger partial charge in [-0.3, -0.25) is 10.1 Å². The summed E-state index contributed by atoms with van der Waals surface area (Å²) in [5, 5.41) is 12.8. The van der Waals surface area contributed by atoms with E-state index in [0.29, 0.717) is 23.0 Å². The first-order valence-electron chi connectivity index (χ1n) is 8.90. The normalized spacial score (nSPS) is 10.4. The van der Waals surface area contributed by atoms with Crippen LogP contribution in [0.2, 0.25) is 0 Å². The van der Waals surface area contributed by atoms with E-state index in [2.05, 4.69) is 20.8 Å². The lowest BCUT2D eigenvalue weighted by atomic mass is 10.3. The number of amides is 3. The molecular weight excluding hydrogens is 427 g/mol. The van der Waals surface area contributed by atoms with E-state index in [9.17, 15) is 14.0 Å². The molecule has 31 heavy (non-hydrogen) atoms. The van der Waals surface area contributed by atoms with Crippen LogP contribution in [0.3, 0.4) is 0 Å². The summed E-state index contributed by atoms with van der Waals surface area (Å²) < 4.78 is 24.6. The van der Waals surface area contributed by atoms with Crippen molar-refractivity contribution in [3.63, 3.8) is 0 Å². The fourth-order valence-corrected chi connectivity index (χ4v) is 2.99. The maximum Gasteiger partial charge on any atom is 0.325 e. The molecule has 0 bridgehead atoms. The van der Waals surface area contributed by atoms with Crippen LogP contribution < -0.4 is 25.9 Å². The number of hydrogen-bond donors (Lipinski definition) is 3. The lowest BCUT2D eigenvalue weighted by Crippen LogP contribution is -2.35. The second-order valence-corrected chi connectivity index (χ2v) is 6.97. The van der Waals surface area contributed by atoms with Gasteiger partial charge in [0.15, 0.2) is 5.82 Å². The average molecular weight is 446 g/mol. The number of methoxy groups -OCH3 is 1. The third kappa shape index (κ3) is 6.34. The number of benzene rings is 2. The maximum absolute atomic E-state index is 12.9. The van der Waals surface area contributed by atoms with Gasteiger partial charge < -0.3 is 20.6 Å². The topological polar surface area (TPSA) is 133 Å². The van der Waals surface area contributed by atoms with Gasteiger partial charge >= 0.3 is 6.03 Å². The van der Waals surface area contributed by atoms with Crippen molar-refractivity contribution in [3.8, 4) is 11.5 Å². The second-order valence-electron chi connectivity index (χ2n) is 6.03. The van der Waals surface area contributed by atoms with Crippen molar-refractivity contribution in [3.05, 3.63) is 60.2 Å². The van der Waals surface area contributed by atoms with E-state index in [1.807, 2.05) is 0 Å². The van der Waals surface area contributed by atoms with Crippen molar-refractivity contribution < 1.29 is 23.5 Å². The van der Waals surface area contributed by atoms with Gasteiger partial charge in [0.05, 0.1) is 12.9 Å². The summed E-state index contributed by atoms with van der Waals surface area (Å²) in [5.74, 6) is 6.30. The number of anilines is 1. The standard InChI is InChI=1S/C19H19FN6O4S/c1-29-14-8-4-13(5-9-14)22-18(28)23-17(27)11-31-19-25-24-16(26(19)21)10-30-15-6-2-12(20)3-7-15/h2-9H,10-11,21H2,1H3,(H2,22,23,27,28). The predicted octanol–water partition coefficient (Wildman–Crippen LogP) is 2.16. The molecule has 3 amide bonds. The van der Waals surface area contributed by atoms with E-state index in [-0.39, 0.29) is 23.3 Å². The van der Waals surface area contributed by atoms with Crippen LogP contribution in [0.4, 0.5) is 14.9 Å². The molecule has 12 heteroatoms. The number of urea groups is 1. The molecule has 0 aliphatic rings. The van der Waals surface area contributed by atoms with E-state index < -0.39 is 11.9 Å². The Kier molecular flexibility index (Phi) is 7.27. The van der Waals surface area contributed by atoms with Gasteiger partial charge in [0.25, 0.3) is 0 Å². The summed E-state index contributed by atoms with van der Waals surface area (Å²) in [6, 6.07) is 11.5. The molecule has 0 radical (unpaired) electrons. The highest BCUT2D eigenvalue weighted by molar-refractivity contribution is 7.99. The number of rotatable bonds is 8. The first kappa shape index (κ1) is 21.9. The van der Waals surface area contributed by atoms with Crippen molar-refractivity contribution in [2.45, 2.75) is 11.8 Å². The third-order valence-corrected chi connectivity index (χ3v) is 4.79. The molecule has 0 aliphatic carbocycles. The van der Waals surface area contributed by atoms with Gasteiger partial charge in [-0.25, -0.2) is 13.9 Å². The summed E-state index contributed by atoms with van der Waals surface area (Å²) in [5.41, 5.74) is 0.506. The molecule has 0 spiro atoms. The maximum atomic E-state index is 12.9. The molecule has 4 N–H and O–H groups in total. The molecule has 0 saturated heterocycles. The van der Waals surface area contributed by atoms with Crippen LogP contribution in [0.1, 0.15) is 5.82 Å². The number of imide groups is 1. The van der Waals surface area contributed by atoms with Gasteiger partial charge in [0.2, 0.25) is 11.1 Å². The SMILES string of the molecule is COc1ccc(NC(=O)NC(=O)CSc2nnc(COc3ccc(F)cc3)n2N)cc1. The van der Waals surface area contributed by atoms with Gasteiger partial charge in [-0.2, -0.15) is 0 Å². The van der Waals surface area contributed by atoms with Crippen molar-refractivity contribution in [1.29, 1.82) is 0 Å². The number of carbonyl (C=O) groups is 2. The number of nitrogen functional groups attached to an aromatic ring is 1. The van der Waals surface area contributed by atoms with E-state index in [0.717, 1.165) is 11.8 Å². The summed E-state index contributed by atoms with van der Waals surface area (Å²) in [6.45, 7) is 0.00611. The van der Waals surface area contributed by atoms with Crippen molar-refractivity contribution >= 4 is 29.4 Å². The zero-order valence-electron chi connectivity index (χ0n) is 16.4. The van der Waals surface area contributed by atoms with Crippen molar-refractivity contribution in [2.24, 2.45) is 0 Å². The number of hydrogen-bond acceptors (Lipinski definition) is 8. The molecular formula is C19H19FN6O4S. The first-order chi connectivity index (χ1) is 14.9. The molecule has 0 atom stereocenters. The number of thioether (sulfide) groups is 1. The van der Waals surface area contributed by atoms with Gasteiger partial charge in [-0.05, 0) is 48.5 Å². The number of halogens is 1. The van der Waals surface area contributed by atoms with Gasteiger partial charge in [-0.1, -0.05) is 11.8 Å². The van der Waals surface area contributed by atoms with Crippen LogP contribution in [0, 0.1) is 5.82 Å². The molecule has 1 heterocycles. The molecule has 2 aromatic carbocycles. The lowest BCUT2D eigenvalue weighted by Gasteiger charge is -2.08. The molecule has 3 rings (SSSR count). The monoisotopic (exact) mass is 446 g/mol. The van der Waals surface area contributed by atoms with Crippen LogP contribution >= 0.6 is 11.8 Å². The van der Waals surface area contributed by atoms with Crippen molar-refractivity contribution in [1.82, 2.24) is 20.2 Å². The highest BCUT2D eigenvalue weighted by atomic mass is 32.2. The quantitative estimate of drug-likeness (QED) is 0.354. The van der Waals surface area contributed by atoms with Crippen LogP contribution in [0.25, 0.3) is 0 Å². The highest BCUT2D eigenvalue weighted by Gasteiger charge is 2.14. The Morgan fingerprint density at radius 2 is 1.77 bits per heavy atom. The van der Waals surface area contributed by atoms with Gasteiger partial charge in [0, 0.05) is 5.69 Å². The first-order valence-corrected chi connectivity index (χ1v) is 9.88. The van der Waals surface area contributed by atoms with E-state index in [1.54, 1.807) is 24.3 Å². The summed E-state index contributed by atoms with van der Waals surface area (Å²) >= 11 is 1.00. The average Bonchev–Trinajstić information content (AvgIpc) is 3.11. The molecule has 3 aromatic rings. The third-order valence-electron chi connectivity index (χ3n) is 3.85. The van der Waals surface area contributed by atoms with E-state index in [4.69, 9.17) is 15.3 Å². The molecule has 162 valence electrons. The van der Waals surface area contributed by atoms with Crippen LogP contribution in [-0.4, -0.2) is 39.7 Å². The number of ether oxygens (including phenoxy) is 2. The molecule has 1 aromatic heterocycles. The van der Waals surface area contributed by atoms with Crippen molar-refractivity contribution in [2.75, 3.05) is 24.0 Å². The zero-order valence-corrected chi connectivity index (χ0v) is 17.2. The van der Waals surface area contributed by atoms with E-state index >= 15 is 0 Å². The number of aromatic nitrogens is 3. The number of nitrogens with one attached hydrogen (secondary N) is 2. The Morgan fingerprint density at radius 3 is 2.45 bits per heavy atom. The Morgan fingerprint density at radius 1 is 1.10 bits per heavy atom. The Hall–Kier alpha value is -3.80. The molecule has 0 fully saturated rings. The number of nitrogens with zero attached hydrogens (tertiary/aromatic N) is 3. The summed E-state index contributed by atoms with van der Waals surface area (Å²) in [7, 11) is 1.54. The molecule has 0 unspecified atom stereocenters. The Balaban J connectivity index is 1.45. The zero-order chi connectivity index (χ0) is 22.2. The predicted molar refractivity (Wildman–Crippen MR) is 112 cm³/mol. The Labute approximate surface area is 180 Å². The van der Waals surface area contributed by atoms with Crippen LogP contribution in [0.15, 0.2) is 53.7 Å². The van der Waals surface area contributed by atoms with Crippen LogP contribution in [0.5, 0.6) is 11.5 Å². The highest BCUT2D eigenvalue weighted by Crippen LogP contribution is 2.17. The second kappa shape index (κ2) is 10.3. The smallest absolute Gasteiger partial charge is 0.325 e. The summed E-state index contributed by atoms with van der Waals surface area (Å²) in [6.07, 6.45) is 0. The van der Waals surface area contributed by atoms with E-state index in [1.165, 1.54) is 36.1 Å². The van der Waals surface area contributed by atoms with Gasteiger partial charge in [0.1, 0.15) is 23.9 Å². The fraction of sp³-hybridized carbons (Fsp3) is 0.158. The number of carbonyl (C=O) groups excluding carboxylic acids is 2. The van der Waals surface area contributed by atoms with Crippen LogP contribution in [-0.2, 0) is 11.4 Å². The molecule has 0 saturated carbocycles. The molecule has 0 aliphatic heterocycles. The minimum Gasteiger partial charge on any atom is -0.497 e. The number of nitrogens with two attached hydrogens (primary N) is 1. The lowest BCUT2D eigenvalue weighted by molar-refractivity contribution is -0.117.